The van der Waals surface area contributed by atoms with E-state index in [-0.39, 0.29) is 0 Å². The molecule has 0 radical (unpaired) electrons. The zero-order valence-electron chi connectivity index (χ0n) is 6.10. The fraction of sp³-hybridized carbons (Fsp3) is 0.286. The van der Waals surface area contributed by atoms with Crippen molar-refractivity contribution < 1.29 is 4.74 Å². The normalized spacial score (nSPS) is 9.09. The molecule has 1 aromatic rings. The average Bonchev–Trinajstić information content (AvgIpc) is 2.07. The summed E-state index contributed by atoms with van der Waals surface area (Å²) in [5, 5.41) is 0. The van der Waals surface area contributed by atoms with Gasteiger partial charge in [0.2, 0.25) is 0 Å². The molecule has 4 heteroatoms. The summed E-state index contributed by atoms with van der Waals surface area (Å²) in [4.78, 5) is 11.5. The van der Waals surface area contributed by atoms with E-state index in [0.29, 0.717) is 13.0 Å². The van der Waals surface area contributed by atoms with E-state index in [4.69, 9.17) is 4.74 Å². The van der Waals surface area contributed by atoms with Gasteiger partial charge in [0.15, 0.2) is 0 Å². The summed E-state index contributed by atoms with van der Waals surface area (Å²) in [5.74, 6) is 0.738. The highest BCUT2D eigenvalue weighted by atomic mass is 16.5. The van der Waals surface area contributed by atoms with Gasteiger partial charge in [0.05, 0.1) is 12.9 Å². The van der Waals surface area contributed by atoms with Gasteiger partial charge >= 0.3 is 0 Å². The van der Waals surface area contributed by atoms with Gasteiger partial charge in [-0.05, 0) is 0 Å². The molecule has 0 atom stereocenters. The van der Waals surface area contributed by atoms with E-state index < -0.39 is 0 Å². The molecule has 58 valence electrons. The molecule has 0 saturated carbocycles. The van der Waals surface area contributed by atoms with Crippen molar-refractivity contribution in [2.24, 2.45) is 0 Å². The van der Waals surface area contributed by atoms with E-state index in [2.05, 4.69) is 21.5 Å². The Labute approximate surface area is 65.0 Å². The van der Waals surface area contributed by atoms with Gasteiger partial charge in [-0.2, -0.15) is 0 Å². The first kappa shape index (κ1) is 7.65. The number of hydrogen-bond acceptors (Lipinski definition) is 4. The lowest BCUT2D eigenvalue weighted by atomic mass is 10.4. The summed E-state index contributed by atoms with van der Waals surface area (Å²) in [6, 6.07) is 0. The van der Waals surface area contributed by atoms with Gasteiger partial charge in [-0.15, -0.1) is 0 Å². The van der Waals surface area contributed by atoms with Gasteiger partial charge in [-0.1, -0.05) is 6.58 Å². The predicted octanol–water partition coefficient (Wildman–Crippen LogP) is 0.574. The maximum atomic E-state index is 4.90. The largest absolute Gasteiger partial charge is 0.501 e. The van der Waals surface area contributed by atoms with Crippen LogP contribution in [-0.4, -0.2) is 21.6 Å². The predicted molar refractivity (Wildman–Crippen MR) is 39.7 cm³/mol. The molecule has 0 N–H and O–H groups in total. The molecule has 0 unspecified atom stereocenters. The maximum Gasteiger partial charge on any atom is 0.135 e. The number of rotatable bonds is 4. The van der Waals surface area contributed by atoms with Crippen LogP contribution in [0.4, 0.5) is 0 Å². The molecule has 0 aliphatic carbocycles. The lowest BCUT2D eigenvalue weighted by Crippen LogP contribution is -1.99. The van der Waals surface area contributed by atoms with E-state index in [0.717, 1.165) is 5.82 Å². The highest BCUT2D eigenvalue weighted by Gasteiger charge is 1.92. The number of hydrogen-bond donors (Lipinski definition) is 0. The lowest BCUT2D eigenvalue weighted by Gasteiger charge is -1.97. The van der Waals surface area contributed by atoms with Crippen LogP contribution in [-0.2, 0) is 11.2 Å². The van der Waals surface area contributed by atoms with Gasteiger partial charge < -0.3 is 4.74 Å². The molecule has 1 aromatic heterocycles. The van der Waals surface area contributed by atoms with Crippen LogP contribution in [0.2, 0.25) is 0 Å². The van der Waals surface area contributed by atoms with E-state index in [1.165, 1.54) is 18.9 Å². The molecule has 0 aliphatic rings. The van der Waals surface area contributed by atoms with Crippen molar-refractivity contribution in [2.75, 3.05) is 6.61 Å². The summed E-state index contributed by atoms with van der Waals surface area (Å²) in [6.07, 6.45) is 5.03. The Balaban J connectivity index is 2.33. The van der Waals surface area contributed by atoms with Crippen LogP contribution < -0.4 is 0 Å². The summed E-state index contributed by atoms with van der Waals surface area (Å²) in [5.41, 5.74) is 0. The second-order valence-corrected chi connectivity index (χ2v) is 1.84. The molecule has 0 saturated heterocycles. The van der Waals surface area contributed by atoms with Crippen molar-refractivity contribution in [3.8, 4) is 0 Å². The van der Waals surface area contributed by atoms with Gasteiger partial charge in [0.25, 0.3) is 0 Å². The first-order valence-corrected chi connectivity index (χ1v) is 3.27. The third kappa shape index (κ3) is 2.75. The van der Waals surface area contributed by atoms with E-state index in [1.54, 1.807) is 0 Å². The van der Waals surface area contributed by atoms with Crippen LogP contribution in [0.1, 0.15) is 5.82 Å². The van der Waals surface area contributed by atoms with Crippen molar-refractivity contribution in [1.29, 1.82) is 0 Å². The zero-order chi connectivity index (χ0) is 7.94. The minimum Gasteiger partial charge on any atom is -0.501 e. The van der Waals surface area contributed by atoms with Crippen molar-refractivity contribution in [3.63, 3.8) is 0 Å². The van der Waals surface area contributed by atoms with Crippen LogP contribution in [0.3, 0.4) is 0 Å². The molecular weight excluding hydrogens is 142 g/mol. The number of ether oxygens (including phenoxy) is 1. The highest BCUT2D eigenvalue weighted by Crippen LogP contribution is 1.87. The summed E-state index contributed by atoms with van der Waals surface area (Å²) in [6.45, 7) is 3.98. The van der Waals surface area contributed by atoms with E-state index >= 15 is 0 Å². The maximum absolute atomic E-state index is 4.90. The van der Waals surface area contributed by atoms with Crippen LogP contribution in [0.5, 0.6) is 0 Å². The minimum atomic E-state index is 0.563. The molecule has 0 spiro atoms. The van der Waals surface area contributed by atoms with Crippen molar-refractivity contribution in [1.82, 2.24) is 15.0 Å². The average molecular weight is 151 g/mol. The molecule has 0 aliphatic heterocycles. The van der Waals surface area contributed by atoms with Crippen molar-refractivity contribution >= 4 is 0 Å². The highest BCUT2D eigenvalue weighted by molar-refractivity contribution is 4.80. The Hall–Kier alpha value is -1.45. The first-order chi connectivity index (χ1) is 5.43. The van der Waals surface area contributed by atoms with Crippen molar-refractivity contribution in [2.45, 2.75) is 6.42 Å². The van der Waals surface area contributed by atoms with Gasteiger partial charge in [0.1, 0.15) is 18.5 Å². The molecule has 0 fully saturated rings. The van der Waals surface area contributed by atoms with Crippen LogP contribution in [0.25, 0.3) is 0 Å². The SMILES string of the molecule is C=COCCc1ncncn1. The molecular formula is C7H9N3O. The zero-order valence-corrected chi connectivity index (χ0v) is 6.10. The molecule has 4 nitrogen and oxygen atoms in total. The Morgan fingerprint density at radius 1 is 1.45 bits per heavy atom. The molecule has 0 amide bonds. The summed E-state index contributed by atoms with van der Waals surface area (Å²) < 4.78 is 4.90. The van der Waals surface area contributed by atoms with Gasteiger partial charge in [0, 0.05) is 6.42 Å². The Morgan fingerprint density at radius 2 is 2.18 bits per heavy atom. The fourth-order valence-electron chi connectivity index (χ4n) is 0.626. The second-order valence-electron chi connectivity index (χ2n) is 1.84. The molecule has 0 bridgehead atoms. The molecule has 1 rings (SSSR count). The lowest BCUT2D eigenvalue weighted by molar-refractivity contribution is 0.252. The van der Waals surface area contributed by atoms with Crippen LogP contribution in [0, 0.1) is 0 Å². The van der Waals surface area contributed by atoms with Gasteiger partial charge in [-0.25, -0.2) is 15.0 Å². The van der Waals surface area contributed by atoms with Crippen molar-refractivity contribution in [3.05, 3.63) is 31.3 Å². The molecule has 0 aromatic carbocycles. The smallest absolute Gasteiger partial charge is 0.135 e. The quantitative estimate of drug-likeness (QED) is 0.466. The minimum absolute atomic E-state index is 0.563. The third-order valence-corrected chi connectivity index (χ3v) is 1.11. The Kier molecular flexibility index (Phi) is 3.05. The Morgan fingerprint density at radius 3 is 2.82 bits per heavy atom. The standard InChI is InChI=1S/C7H9N3O/c1-2-11-4-3-7-9-5-8-6-10-7/h2,5-6H,1,3-4H2. The second kappa shape index (κ2) is 4.38. The number of nitrogens with zero attached hydrogens (tertiary/aromatic N) is 3. The van der Waals surface area contributed by atoms with E-state index in [9.17, 15) is 0 Å². The van der Waals surface area contributed by atoms with Gasteiger partial charge in [-0.3, -0.25) is 0 Å². The monoisotopic (exact) mass is 151 g/mol. The summed E-state index contributed by atoms with van der Waals surface area (Å²) >= 11 is 0. The molecule has 11 heavy (non-hydrogen) atoms. The summed E-state index contributed by atoms with van der Waals surface area (Å²) in [7, 11) is 0. The van der Waals surface area contributed by atoms with Crippen LogP contribution >= 0.6 is 0 Å². The first-order valence-electron chi connectivity index (χ1n) is 3.27. The molecule has 1 heterocycles. The topological polar surface area (TPSA) is 47.9 Å². The van der Waals surface area contributed by atoms with E-state index in [1.807, 2.05) is 0 Å². The fourth-order valence-corrected chi connectivity index (χ4v) is 0.626. The number of aromatic nitrogens is 3. The Bertz CT molecular complexity index is 212. The third-order valence-electron chi connectivity index (χ3n) is 1.11. The van der Waals surface area contributed by atoms with Crippen LogP contribution in [0.15, 0.2) is 25.5 Å².